The van der Waals surface area contributed by atoms with Crippen LogP contribution >= 0.6 is 0 Å². The van der Waals surface area contributed by atoms with E-state index in [1.54, 1.807) is 7.11 Å². The summed E-state index contributed by atoms with van der Waals surface area (Å²) in [4.78, 5) is 12.0. The molecule has 0 radical (unpaired) electrons. The maximum atomic E-state index is 12.0. The van der Waals surface area contributed by atoms with Crippen LogP contribution in [0.4, 0.5) is 0 Å². The molecule has 0 heterocycles. The molecule has 0 atom stereocenters. The highest BCUT2D eigenvalue weighted by Crippen LogP contribution is 2.25. The van der Waals surface area contributed by atoms with E-state index in [-0.39, 0.29) is 0 Å². The Morgan fingerprint density at radius 3 is 2.68 bits per heavy atom. The highest BCUT2D eigenvalue weighted by atomic mass is 16.5. The number of rotatable bonds is 5. The summed E-state index contributed by atoms with van der Waals surface area (Å²) in [6.07, 6.45) is 1.14. The fraction of sp³-hybridized carbons (Fsp3) is 0.353. The van der Waals surface area contributed by atoms with Crippen molar-refractivity contribution < 1.29 is 9.53 Å². The van der Waals surface area contributed by atoms with Crippen molar-refractivity contribution in [2.75, 3.05) is 7.11 Å². The van der Waals surface area contributed by atoms with Gasteiger partial charge in [0.1, 0.15) is 11.5 Å². The number of ether oxygens (including phenoxy) is 1. The van der Waals surface area contributed by atoms with Crippen molar-refractivity contribution in [2.45, 2.75) is 26.7 Å². The molecule has 100 valence electrons. The van der Waals surface area contributed by atoms with Crippen molar-refractivity contribution in [3.63, 3.8) is 0 Å². The lowest BCUT2D eigenvalue weighted by molar-refractivity contribution is -0.119. The molecule has 0 amide bonds. The molecule has 0 saturated carbocycles. The van der Waals surface area contributed by atoms with Crippen molar-refractivity contribution in [3.8, 4) is 5.75 Å². The maximum absolute atomic E-state index is 12.0. The lowest BCUT2D eigenvalue weighted by atomic mass is 9.97. The molecule has 0 spiro atoms. The summed E-state index contributed by atoms with van der Waals surface area (Å²) in [5.41, 5.74) is 1.09. The zero-order valence-corrected chi connectivity index (χ0v) is 11.8. The van der Waals surface area contributed by atoms with Crippen molar-refractivity contribution in [1.82, 2.24) is 0 Å². The van der Waals surface area contributed by atoms with E-state index in [9.17, 15) is 4.79 Å². The van der Waals surface area contributed by atoms with Crippen molar-refractivity contribution in [2.24, 2.45) is 5.92 Å². The van der Waals surface area contributed by atoms with E-state index in [4.69, 9.17) is 4.74 Å². The van der Waals surface area contributed by atoms with Crippen LogP contribution in [-0.2, 0) is 11.2 Å². The summed E-state index contributed by atoms with van der Waals surface area (Å²) < 4.78 is 5.26. The van der Waals surface area contributed by atoms with Crippen LogP contribution in [0.3, 0.4) is 0 Å². The number of benzene rings is 2. The molecule has 2 aromatic rings. The Morgan fingerprint density at radius 2 is 2.00 bits per heavy atom. The number of hydrogen-bond donors (Lipinski definition) is 0. The Morgan fingerprint density at radius 1 is 1.21 bits per heavy atom. The van der Waals surface area contributed by atoms with Gasteiger partial charge in [0.15, 0.2) is 0 Å². The van der Waals surface area contributed by atoms with Gasteiger partial charge in [-0.15, -0.1) is 0 Å². The Balaban J connectivity index is 2.34. The molecule has 0 saturated heterocycles. The van der Waals surface area contributed by atoms with E-state index in [2.05, 4.69) is 19.9 Å². The molecule has 0 aliphatic heterocycles. The first-order chi connectivity index (χ1) is 9.10. The van der Waals surface area contributed by atoms with Gasteiger partial charge in [0.25, 0.3) is 0 Å². The van der Waals surface area contributed by atoms with Gasteiger partial charge < -0.3 is 4.74 Å². The Bertz CT molecular complexity index is 585. The summed E-state index contributed by atoms with van der Waals surface area (Å²) >= 11 is 0. The second kappa shape index (κ2) is 5.87. The number of hydrogen-bond acceptors (Lipinski definition) is 2. The standard InChI is InChI=1S/C17H20O2/c1-12(2)9-15(18)10-14-6-4-5-13-7-8-16(19-3)11-17(13)14/h4-8,11-12H,9-10H2,1-3H3. The minimum absolute atomic E-state index is 0.297. The van der Waals surface area contributed by atoms with E-state index in [1.807, 2.05) is 30.3 Å². The molecule has 2 nitrogen and oxygen atoms in total. The van der Waals surface area contributed by atoms with Crippen LogP contribution in [0, 0.1) is 5.92 Å². The minimum Gasteiger partial charge on any atom is -0.497 e. The lowest BCUT2D eigenvalue weighted by Gasteiger charge is -2.09. The monoisotopic (exact) mass is 256 g/mol. The highest BCUT2D eigenvalue weighted by molar-refractivity contribution is 5.91. The van der Waals surface area contributed by atoms with Gasteiger partial charge in [0.05, 0.1) is 7.11 Å². The zero-order valence-electron chi connectivity index (χ0n) is 11.8. The van der Waals surface area contributed by atoms with Crippen LogP contribution in [0.2, 0.25) is 0 Å². The molecule has 0 aromatic heterocycles. The van der Waals surface area contributed by atoms with Gasteiger partial charge in [-0.05, 0) is 34.4 Å². The van der Waals surface area contributed by atoms with Gasteiger partial charge in [-0.1, -0.05) is 38.1 Å². The average Bonchev–Trinajstić information content (AvgIpc) is 2.37. The summed E-state index contributed by atoms with van der Waals surface area (Å²) in [5.74, 6) is 1.54. The van der Waals surface area contributed by atoms with E-state index >= 15 is 0 Å². The Labute approximate surface area is 114 Å². The third-order valence-corrected chi connectivity index (χ3v) is 3.20. The predicted molar refractivity (Wildman–Crippen MR) is 78.7 cm³/mol. The average molecular weight is 256 g/mol. The van der Waals surface area contributed by atoms with Gasteiger partial charge in [0.2, 0.25) is 0 Å². The molecule has 19 heavy (non-hydrogen) atoms. The maximum Gasteiger partial charge on any atom is 0.137 e. The molecule has 2 rings (SSSR count). The molecule has 0 aliphatic carbocycles. The van der Waals surface area contributed by atoms with E-state index in [1.165, 1.54) is 0 Å². The first kappa shape index (κ1) is 13.6. The number of methoxy groups -OCH3 is 1. The molecule has 0 unspecified atom stereocenters. The zero-order chi connectivity index (χ0) is 13.8. The summed E-state index contributed by atoms with van der Waals surface area (Å²) in [6.45, 7) is 4.15. The topological polar surface area (TPSA) is 26.3 Å². The van der Waals surface area contributed by atoms with Crippen LogP contribution < -0.4 is 4.74 Å². The largest absolute Gasteiger partial charge is 0.497 e. The number of Topliss-reactive ketones (excluding diaryl/α,β-unsaturated/α-hetero) is 1. The summed E-state index contributed by atoms with van der Waals surface area (Å²) in [6, 6.07) is 12.1. The molecular formula is C17H20O2. The van der Waals surface area contributed by atoms with Crippen molar-refractivity contribution in [1.29, 1.82) is 0 Å². The molecular weight excluding hydrogens is 236 g/mol. The fourth-order valence-corrected chi connectivity index (χ4v) is 2.34. The van der Waals surface area contributed by atoms with Crippen LogP contribution in [0.1, 0.15) is 25.8 Å². The first-order valence-electron chi connectivity index (χ1n) is 6.67. The van der Waals surface area contributed by atoms with Gasteiger partial charge in [0, 0.05) is 12.8 Å². The molecule has 0 N–H and O–H groups in total. The second-order valence-corrected chi connectivity index (χ2v) is 5.32. The Hall–Kier alpha value is -1.83. The third-order valence-electron chi connectivity index (χ3n) is 3.20. The molecule has 0 fully saturated rings. The summed E-state index contributed by atoms with van der Waals surface area (Å²) in [7, 11) is 1.66. The third kappa shape index (κ3) is 3.34. The smallest absolute Gasteiger partial charge is 0.137 e. The van der Waals surface area contributed by atoms with Crippen molar-refractivity contribution in [3.05, 3.63) is 42.0 Å². The SMILES string of the molecule is COc1ccc2cccc(CC(=O)CC(C)C)c2c1. The second-order valence-electron chi connectivity index (χ2n) is 5.32. The Kier molecular flexibility index (Phi) is 4.20. The number of ketones is 1. The molecule has 0 aliphatic rings. The van der Waals surface area contributed by atoms with E-state index in [0.29, 0.717) is 24.5 Å². The van der Waals surface area contributed by atoms with Crippen LogP contribution in [-0.4, -0.2) is 12.9 Å². The van der Waals surface area contributed by atoms with E-state index < -0.39 is 0 Å². The molecule has 0 bridgehead atoms. The molecule has 2 aromatic carbocycles. The number of fused-ring (bicyclic) bond motifs is 1. The first-order valence-corrected chi connectivity index (χ1v) is 6.67. The predicted octanol–water partition coefficient (Wildman–Crippen LogP) is 4.01. The van der Waals surface area contributed by atoms with Crippen LogP contribution in [0.5, 0.6) is 5.75 Å². The number of carbonyl (C=O) groups excluding carboxylic acids is 1. The quantitative estimate of drug-likeness (QED) is 0.808. The normalized spacial score (nSPS) is 10.9. The van der Waals surface area contributed by atoms with E-state index in [0.717, 1.165) is 22.1 Å². The van der Waals surface area contributed by atoms with Gasteiger partial charge in [-0.2, -0.15) is 0 Å². The van der Waals surface area contributed by atoms with Crippen molar-refractivity contribution >= 4 is 16.6 Å². The van der Waals surface area contributed by atoms with Crippen LogP contribution in [0.15, 0.2) is 36.4 Å². The fourth-order valence-electron chi connectivity index (χ4n) is 2.34. The van der Waals surface area contributed by atoms with Crippen LogP contribution in [0.25, 0.3) is 10.8 Å². The molecule has 2 heteroatoms. The highest BCUT2D eigenvalue weighted by Gasteiger charge is 2.09. The van der Waals surface area contributed by atoms with Gasteiger partial charge in [-0.25, -0.2) is 0 Å². The number of carbonyl (C=O) groups is 1. The van der Waals surface area contributed by atoms with Gasteiger partial charge >= 0.3 is 0 Å². The summed E-state index contributed by atoms with van der Waals surface area (Å²) in [5, 5.41) is 2.26. The van der Waals surface area contributed by atoms with Gasteiger partial charge in [-0.3, -0.25) is 4.79 Å². The lowest BCUT2D eigenvalue weighted by Crippen LogP contribution is -2.06. The minimum atomic E-state index is 0.297.